The van der Waals surface area contributed by atoms with Crippen molar-refractivity contribution in [2.24, 2.45) is 0 Å². The first kappa shape index (κ1) is 19.7. The van der Waals surface area contributed by atoms with Crippen molar-refractivity contribution in [3.05, 3.63) is 48.0 Å². The highest BCUT2D eigenvalue weighted by Gasteiger charge is 2.16. The number of fused-ring (bicyclic) bond motifs is 1. The fraction of sp³-hybridized carbons (Fsp3) is 0.389. The molecule has 1 atom stereocenters. The van der Waals surface area contributed by atoms with Crippen molar-refractivity contribution in [3.8, 4) is 0 Å². The third-order valence-corrected chi connectivity index (χ3v) is 6.10. The molecule has 0 spiro atoms. The summed E-state index contributed by atoms with van der Waals surface area (Å²) in [6, 6.07) is 8.27. The molecule has 2 aromatic heterocycles. The molecule has 0 aliphatic carbocycles. The molecule has 1 aliphatic rings. The smallest absolute Gasteiger partial charge is 0.240 e. The summed E-state index contributed by atoms with van der Waals surface area (Å²) in [5, 5.41) is 15.9. The molecule has 4 rings (SSSR count). The van der Waals surface area contributed by atoms with Crippen LogP contribution in [-0.4, -0.2) is 54.0 Å². The van der Waals surface area contributed by atoms with Crippen LogP contribution in [0.5, 0.6) is 0 Å². The van der Waals surface area contributed by atoms with Crippen molar-refractivity contribution in [2.75, 3.05) is 25.0 Å². The molecule has 11 heteroatoms. The van der Waals surface area contributed by atoms with Crippen LogP contribution in [0.15, 0.2) is 41.3 Å². The molecule has 3 heterocycles. The van der Waals surface area contributed by atoms with Crippen LogP contribution in [0.4, 0.5) is 10.2 Å². The second-order valence-electron chi connectivity index (χ2n) is 6.72. The zero-order chi connectivity index (χ0) is 20.3. The lowest BCUT2D eigenvalue weighted by molar-refractivity contribution is 0.120. The molecular weight excluding hydrogens is 399 g/mol. The van der Waals surface area contributed by atoms with Crippen LogP contribution in [0.2, 0.25) is 0 Å². The van der Waals surface area contributed by atoms with Gasteiger partial charge in [-0.1, -0.05) is 0 Å². The Bertz CT molecular complexity index is 1080. The van der Waals surface area contributed by atoms with Gasteiger partial charge in [0.05, 0.1) is 11.0 Å². The summed E-state index contributed by atoms with van der Waals surface area (Å²) in [6.45, 7) is 1.57. The quantitative estimate of drug-likeness (QED) is 0.566. The molecule has 0 bridgehead atoms. The minimum Gasteiger partial charge on any atom is -0.376 e. The molecule has 1 unspecified atom stereocenters. The molecule has 29 heavy (non-hydrogen) atoms. The number of anilines is 1. The Balaban J connectivity index is 1.39. The van der Waals surface area contributed by atoms with E-state index in [4.69, 9.17) is 4.74 Å². The normalized spacial score (nSPS) is 17.1. The number of halogens is 1. The Hall–Kier alpha value is -2.63. The van der Waals surface area contributed by atoms with Crippen LogP contribution in [0, 0.1) is 5.82 Å². The second kappa shape index (κ2) is 8.39. The van der Waals surface area contributed by atoms with Crippen molar-refractivity contribution < 1.29 is 17.5 Å². The number of nitrogens with one attached hydrogen (secondary N) is 2. The van der Waals surface area contributed by atoms with Gasteiger partial charge in [0.1, 0.15) is 11.6 Å². The van der Waals surface area contributed by atoms with E-state index in [1.165, 1.54) is 12.1 Å². The molecule has 1 saturated heterocycles. The summed E-state index contributed by atoms with van der Waals surface area (Å²) in [5.74, 6) is 0.706. The first-order chi connectivity index (χ1) is 14.0. The molecule has 0 amide bonds. The summed E-state index contributed by atoms with van der Waals surface area (Å²) < 4.78 is 47.2. The number of sulfonamides is 1. The van der Waals surface area contributed by atoms with Gasteiger partial charge >= 0.3 is 0 Å². The third kappa shape index (κ3) is 4.69. The average Bonchev–Trinajstić information content (AvgIpc) is 3.36. The van der Waals surface area contributed by atoms with Crippen LogP contribution < -0.4 is 10.0 Å². The molecule has 0 radical (unpaired) electrons. The van der Waals surface area contributed by atoms with E-state index in [9.17, 15) is 12.8 Å². The minimum absolute atomic E-state index is 0.00347. The summed E-state index contributed by atoms with van der Waals surface area (Å²) in [6.07, 6.45) is 2.58. The highest BCUT2D eigenvalue weighted by molar-refractivity contribution is 7.89. The van der Waals surface area contributed by atoms with Crippen molar-refractivity contribution >= 4 is 21.5 Å². The molecule has 1 aliphatic heterocycles. The lowest BCUT2D eigenvalue weighted by Gasteiger charge is -2.11. The number of hydrogen-bond acceptors (Lipinski definition) is 7. The van der Waals surface area contributed by atoms with Gasteiger partial charge in [-0.2, -0.15) is 4.52 Å². The molecule has 1 fully saturated rings. The molecular formula is C18H21FN6O3S. The number of rotatable bonds is 8. The fourth-order valence-electron chi connectivity index (χ4n) is 3.10. The number of aromatic nitrogens is 4. The predicted molar refractivity (Wildman–Crippen MR) is 104 cm³/mol. The monoisotopic (exact) mass is 420 g/mol. The topological polar surface area (TPSA) is 111 Å². The third-order valence-electron chi connectivity index (χ3n) is 4.63. The second-order valence-corrected chi connectivity index (χ2v) is 8.49. The molecule has 9 nitrogen and oxygen atoms in total. The average molecular weight is 420 g/mol. The van der Waals surface area contributed by atoms with Gasteiger partial charge in [0.25, 0.3) is 0 Å². The predicted octanol–water partition coefficient (Wildman–Crippen LogP) is 1.38. The summed E-state index contributed by atoms with van der Waals surface area (Å²) in [5.41, 5.74) is 0.573. The summed E-state index contributed by atoms with van der Waals surface area (Å²) >= 11 is 0. The highest BCUT2D eigenvalue weighted by atomic mass is 32.2. The minimum atomic E-state index is -3.73. The fourth-order valence-corrected chi connectivity index (χ4v) is 4.13. The van der Waals surface area contributed by atoms with Crippen molar-refractivity contribution in [2.45, 2.75) is 30.3 Å². The molecule has 2 N–H and O–H groups in total. The van der Waals surface area contributed by atoms with E-state index >= 15 is 0 Å². The van der Waals surface area contributed by atoms with Gasteiger partial charge in [-0.3, -0.25) is 0 Å². The van der Waals surface area contributed by atoms with Crippen LogP contribution in [0.3, 0.4) is 0 Å². The molecule has 154 valence electrons. The standard InChI is InChI=1S/C18H21FN6O3S/c19-13-3-5-15(6-4-13)29(26,27)21-10-9-18-23-22-17-8-7-16(24-25(17)18)20-12-14-2-1-11-28-14/h3-8,14,21H,1-2,9-12H2,(H,20,24). The van der Waals surface area contributed by atoms with Crippen molar-refractivity contribution in [1.29, 1.82) is 0 Å². The Kier molecular flexibility index (Phi) is 5.69. The SMILES string of the molecule is O=S(=O)(NCCc1nnc2ccc(NCC3CCCO3)nn12)c1ccc(F)cc1. The highest BCUT2D eigenvalue weighted by Crippen LogP contribution is 2.14. The van der Waals surface area contributed by atoms with Gasteiger partial charge in [0, 0.05) is 26.1 Å². The first-order valence-electron chi connectivity index (χ1n) is 9.33. The van der Waals surface area contributed by atoms with E-state index in [-0.39, 0.29) is 17.5 Å². The maximum atomic E-state index is 13.0. The number of ether oxygens (including phenoxy) is 1. The lowest BCUT2D eigenvalue weighted by atomic mass is 10.2. The maximum Gasteiger partial charge on any atom is 0.240 e. The van der Waals surface area contributed by atoms with Crippen LogP contribution in [0.1, 0.15) is 18.7 Å². The van der Waals surface area contributed by atoms with Crippen LogP contribution in [0.25, 0.3) is 5.65 Å². The van der Waals surface area contributed by atoms with Crippen LogP contribution in [-0.2, 0) is 21.2 Å². The van der Waals surface area contributed by atoms with Gasteiger partial charge in [-0.05, 0) is 49.2 Å². The number of hydrogen-bond donors (Lipinski definition) is 2. The van der Waals surface area contributed by atoms with E-state index in [1.54, 1.807) is 10.6 Å². The van der Waals surface area contributed by atoms with Gasteiger partial charge in [-0.15, -0.1) is 15.3 Å². The first-order valence-corrected chi connectivity index (χ1v) is 10.8. The Morgan fingerprint density at radius 1 is 1.17 bits per heavy atom. The largest absolute Gasteiger partial charge is 0.376 e. The number of nitrogens with zero attached hydrogens (tertiary/aromatic N) is 4. The van der Waals surface area contributed by atoms with Gasteiger partial charge in [-0.25, -0.2) is 17.5 Å². The van der Waals surface area contributed by atoms with E-state index in [0.29, 0.717) is 30.3 Å². The van der Waals surface area contributed by atoms with Crippen LogP contribution >= 0.6 is 0 Å². The van der Waals surface area contributed by atoms with E-state index < -0.39 is 15.8 Å². The molecule has 0 saturated carbocycles. The number of benzene rings is 1. The van der Waals surface area contributed by atoms with Gasteiger partial charge in [0.2, 0.25) is 10.0 Å². The van der Waals surface area contributed by atoms with Crippen molar-refractivity contribution in [1.82, 2.24) is 24.5 Å². The Labute approximate surface area is 167 Å². The van der Waals surface area contributed by atoms with E-state index in [1.807, 2.05) is 6.07 Å². The van der Waals surface area contributed by atoms with Crippen molar-refractivity contribution in [3.63, 3.8) is 0 Å². The van der Waals surface area contributed by atoms with E-state index in [2.05, 4.69) is 25.3 Å². The lowest BCUT2D eigenvalue weighted by Crippen LogP contribution is -2.26. The summed E-state index contributed by atoms with van der Waals surface area (Å²) in [7, 11) is -3.73. The van der Waals surface area contributed by atoms with Gasteiger partial charge < -0.3 is 10.1 Å². The zero-order valence-corrected chi connectivity index (χ0v) is 16.4. The Morgan fingerprint density at radius 3 is 2.76 bits per heavy atom. The summed E-state index contributed by atoms with van der Waals surface area (Å²) in [4.78, 5) is 0.00347. The maximum absolute atomic E-state index is 13.0. The van der Waals surface area contributed by atoms with E-state index in [0.717, 1.165) is 31.6 Å². The zero-order valence-electron chi connectivity index (χ0n) is 15.6. The molecule has 3 aromatic rings. The Morgan fingerprint density at radius 2 is 2.00 bits per heavy atom. The molecule has 1 aromatic carbocycles. The van der Waals surface area contributed by atoms with Gasteiger partial charge in [0.15, 0.2) is 11.5 Å².